The van der Waals surface area contributed by atoms with Gasteiger partial charge in [0.2, 0.25) is 5.91 Å². The average Bonchev–Trinajstić information content (AvgIpc) is 2.61. The van der Waals surface area contributed by atoms with Crippen molar-refractivity contribution in [2.75, 3.05) is 11.9 Å². The summed E-state index contributed by atoms with van der Waals surface area (Å²) in [6, 6.07) is 14.7. The van der Waals surface area contributed by atoms with Crippen molar-refractivity contribution < 1.29 is 9.53 Å². The molecule has 142 valence electrons. The first-order valence-corrected chi connectivity index (χ1v) is 9.50. The number of anilines is 1. The molecule has 0 aliphatic rings. The number of rotatable bonds is 7. The van der Waals surface area contributed by atoms with E-state index in [1.165, 1.54) is 6.08 Å². The minimum absolute atomic E-state index is 0.211. The third-order valence-corrected chi connectivity index (χ3v) is 4.16. The Labute approximate surface area is 170 Å². The summed E-state index contributed by atoms with van der Waals surface area (Å²) in [6.07, 6.45) is 4.02. The van der Waals surface area contributed by atoms with Crippen molar-refractivity contribution in [2.45, 2.75) is 20.3 Å². The van der Waals surface area contributed by atoms with E-state index in [9.17, 15) is 4.79 Å². The van der Waals surface area contributed by atoms with Gasteiger partial charge in [0.25, 0.3) is 0 Å². The Bertz CT molecular complexity index is 821. The molecule has 2 aromatic carbocycles. The van der Waals surface area contributed by atoms with Crippen LogP contribution in [0.25, 0.3) is 6.08 Å². The molecule has 1 amide bonds. The van der Waals surface area contributed by atoms with Crippen molar-refractivity contribution in [3.8, 4) is 5.75 Å². The van der Waals surface area contributed by atoms with Gasteiger partial charge in [0, 0.05) is 22.9 Å². The summed E-state index contributed by atoms with van der Waals surface area (Å²) in [6.45, 7) is 4.97. The molecule has 0 atom stereocenters. The first-order valence-electron chi connectivity index (χ1n) is 8.71. The molecular weight excluding hydrogens is 380 g/mol. The smallest absolute Gasteiger partial charge is 0.250 e. The summed E-state index contributed by atoms with van der Waals surface area (Å²) < 4.78 is 5.72. The summed E-state index contributed by atoms with van der Waals surface area (Å²) in [7, 11) is 0. The van der Waals surface area contributed by atoms with Gasteiger partial charge >= 0.3 is 0 Å². The maximum absolute atomic E-state index is 12.0. The molecule has 0 fully saturated rings. The van der Waals surface area contributed by atoms with Crippen molar-refractivity contribution in [3.63, 3.8) is 0 Å². The Hall–Kier alpha value is -2.37. The number of amides is 1. The standard InChI is InChI=1S/C21H23ClN2O2S/c1-15(2)12-13-26-18-8-5-7-17(14-18)23-21(27)24-20(25)11-10-16-6-3-4-9-19(16)22/h3-11,14-15H,12-13H2,1-2H3,(H2,23,24,25,27)/b11-10+. The van der Waals surface area contributed by atoms with Gasteiger partial charge in [-0.3, -0.25) is 10.1 Å². The van der Waals surface area contributed by atoms with E-state index in [4.69, 9.17) is 28.6 Å². The third-order valence-electron chi connectivity index (χ3n) is 3.61. The Balaban J connectivity index is 1.86. The molecule has 0 aliphatic heterocycles. The van der Waals surface area contributed by atoms with Crippen LogP contribution < -0.4 is 15.4 Å². The highest BCUT2D eigenvalue weighted by molar-refractivity contribution is 7.80. The lowest BCUT2D eigenvalue weighted by atomic mass is 10.1. The molecule has 0 unspecified atom stereocenters. The minimum Gasteiger partial charge on any atom is -0.494 e. The van der Waals surface area contributed by atoms with Crippen LogP contribution in [0.4, 0.5) is 5.69 Å². The predicted octanol–water partition coefficient (Wildman–Crippen LogP) is 5.29. The molecule has 0 aromatic heterocycles. The highest BCUT2D eigenvalue weighted by Crippen LogP contribution is 2.18. The summed E-state index contributed by atoms with van der Waals surface area (Å²) in [5.74, 6) is 1.01. The molecule has 2 rings (SSSR count). The second-order valence-corrected chi connectivity index (χ2v) is 7.17. The van der Waals surface area contributed by atoms with Gasteiger partial charge in [-0.15, -0.1) is 0 Å². The van der Waals surface area contributed by atoms with Gasteiger partial charge < -0.3 is 10.1 Å². The van der Waals surface area contributed by atoms with Gasteiger partial charge in [0.1, 0.15) is 5.75 Å². The largest absolute Gasteiger partial charge is 0.494 e. The van der Waals surface area contributed by atoms with Crippen molar-refractivity contribution in [1.82, 2.24) is 5.32 Å². The normalized spacial score (nSPS) is 10.8. The van der Waals surface area contributed by atoms with E-state index in [1.54, 1.807) is 12.1 Å². The number of ether oxygens (including phenoxy) is 1. The summed E-state index contributed by atoms with van der Waals surface area (Å²) in [5.41, 5.74) is 1.51. The van der Waals surface area contributed by atoms with Crippen molar-refractivity contribution in [1.29, 1.82) is 0 Å². The number of hydrogen-bond donors (Lipinski definition) is 2. The van der Waals surface area contributed by atoms with E-state index in [2.05, 4.69) is 24.5 Å². The fraction of sp³-hybridized carbons (Fsp3) is 0.238. The number of carbonyl (C=O) groups excluding carboxylic acids is 1. The Morgan fingerprint density at radius 1 is 1.22 bits per heavy atom. The van der Waals surface area contributed by atoms with Crippen LogP contribution in [0, 0.1) is 5.92 Å². The van der Waals surface area contributed by atoms with Crippen LogP contribution in [0.3, 0.4) is 0 Å². The fourth-order valence-corrected chi connectivity index (χ4v) is 2.58. The zero-order chi connectivity index (χ0) is 19.6. The number of nitrogens with one attached hydrogen (secondary N) is 2. The number of carbonyl (C=O) groups is 1. The van der Waals surface area contributed by atoms with Crippen LogP contribution in [0.2, 0.25) is 5.02 Å². The monoisotopic (exact) mass is 402 g/mol. The van der Waals surface area contributed by atoms with E-state index < -0.39 is 0 Å². The molecule has 2 aromatic rings. The van der Waals surface area contributed by atoms with E-state index in [1.807, 2.05) is 42.5 Å². The molecule has 4 nitrogen and oxygen atoms in total. The van der Waals surface area contributed by atoms with Crippen LogP contribution in [-0.4, -0.2) is 17.6 Å². The van der Waals surface area contributed by atoms with E-state index in [0.29, 0.717) is 17.5 Å². The molecule has 0 saturated heterocycles. The lowest BCUT2D eigenvalue weighted by molar-refractivity contribution is -0.115. The predicted molar refractivity (Wildman–Crippen MR) is 116 cm³/mol. The summed E-state index contributed by atoms with van der Waals surface area (Å²) in [4.78, 5) is 12.0. The molecule has 2 N–H and O–H groups in total. The first kappa shape index (κ1) is 20.9. The van der Waals surface area contributed by atoms with Crippen LogP contribution in [0.15, 0.2) is 54.6 Å². The molecule has 0 bridgehead atoms. The molecule has 6 heteroatoms. The Morgan fingerprint density at radius 3 is 2.74 bits per heavy atom. The number of thiocarbonyl (C=S) groups is 1. The molecule has 27 heavy (non-hydrogen) atoms. The highest BCUT2D eigenvalue weighted by Gasteiger charge is 2.04. The zero-order valence-corrected chi connectivity index (χ0v) is 16.9. The zero-order valence-electron chi connectivity index (χ0n) is 15.4. The van der Waals surface area contributed by atoms with Crippen molar-refractivity contribution in [2.24, 2.45) is 5.92 Å². The molecule has 0 aliphatic carbocycles. The van der Waals surface area contributed by atoms with Crippen LogP contribution in [0.5, 0.6) is 5.75 Å². The van der Waals surface area contributed by atoms with Crippen molar-refractivity contribution in [3.05, 3.63) is 65.2 Å². The second kappa shape index (κ2) is 10.7. The maximum Gasteiger partial charge on any atom is 0.250 e. The minimum atomic E-state index is -0.336. The van der Waals surface area contributed by atoms with E-state index in [0.717, 1.165) is 23.4 Å². The fourth-order valence-electron chi connectivity index (χ4n) is 2.17. The molecule has 0 saturated carbocycles. The number of hydrogen-bond acceptors (Lipinski definition) is 3. The number of halogens is 1. The van der Waals surface area contributed by atoms with Gasteiger partial charge in [-0.05, 0) is 54.4 Å². The molecular formula is C21H23ClN2O2S. The lowest BCUT2D eigenvalue weighted by Gasteiger charge is -2.11. The molecule has 0 spiro atoms. The van der Waals surface area contributed by atoms with E-state index >= 15 is 0 Å². The Kier molecular flexibility index (Phi) is 8.30. The van der Waals surface area contributed by atoms with E-state index in [-0.39, 0.29) is 11.0 Å². The number of benzene rings is 2. The second-order valence-electron chi connectivity index (χ2n) is 6.36. The van der Waals surface area contributed by atoms with Crippen LogP contribution in [0.1, 0.15) is 25.8 Å². The SMILES string of the molecule is CC(C)CCOc1cccc(NC(=S)NC(=O)/C=C/c2ccccc2Cl)c1. The third kappa shape index (κ3) is 7.81. The topological polar surface area (TPSA) is 50.4 Å². The highest BCUT2D eigenvalue weighted by atomic mass is 35.5. The van der Waals surface area contributed by atoms with Crippen LogP contribution >= 0.6 is 23.8 Å². The van der Waals surface area contributed by atoms with Gasteiger partial charge in [0.15, 0.2) is 5.11 Å². The van der Waals surface area contributed by atoms with Gasteiger partial charge in [-0.2, -0.15) is 0 Å². The van der Waals surface area contributed by atoms with Crippen molar-refractivity contribution >= 4 is 46.6 Å². The quantitative estimate of drug-likeness (QED) is 0.488. The maximum atomic E-state index is 12.0. The van der Waals surface area contributed by atoms with Crippen LogP contribution in [-0.2, 0) is 4.79 Å². The Morgan fingerprint density at radius 2 is 2.00 bits per heavy atom. The summed E-state index contributed by atoms with van der Waals surface area (Å²) >= 11 is 11.2. The van der Waals surface area contributed by atoms with Gasteiger partial charge in [-0.25, -0.2) is 0 Å². The first-order chi connectivity index (χ1) is 12.9. The van der Waals surface area contributed by atoms with Gasteiger partial charge in [0.05, 0.1) is 6.61 Å². The molecule has 0 heterocycles. The lowest BCUT2D eigenvalue weighted by Crippen LogP contribution is -2.32. The van der Waals surface area contributed by atoms with Gasteiger partial charge in [-0.1, -0.05) is 49.7 Å². The summed E-state index contributed by atoms with van der Waals surface area (Å²) in [5, 5.41) is 6.38. The molecule has 0 radical (unpaired) electrons. The average molecular weight is 403 g/mol.